The van der Waals surface area contributed by atoms with E-state index in [2.05, 4.69) is 6.92 Å². The smallest absolute Gasteiger partial charge is 0.339 e. The highest BCUT2D eigenvalue weighted by atomic mass is 16.7. The van der Waals surface area contributed by atoms with E-state index in [1.165, 1.54) is 6.26 Å². The summed E-state index contributed by atoms with van der Waals surface area (Å²) < 4.78 is 44.5. The van der Waals surface area contributed by atoms with E-state index >= 15 is 0 Å². The quantitative estimate of drug-likeness (QED) is 0.136. The first kappa shape index (κ1) is 36.5. The van der Waals surface area contributed by atoms with Gasteiger partial charge in [-0.05, 0) is 43.4 Å². The lowest BCUT2D eigenvalue weighted by Gasteiger charge is -2.45. The monoisotopic (exact) mass is 674 g/mol. The van der Waals surface area contributed by atoms with Gasteiger partial charge in [-0.2, -0.15) is 0 Å². The second-order valence-corrected chi connectivity index (χ2v) is 11.9. The Bertz CT molecular complexity index is 1380. The second-order valence-electron chi connectivity index (χ2n) is 11.9. The van der Waals surface area contributed by atoms with Crippen LogP contribution < -0.4 is 4.74 Å². The van der Waals surface area contributed by atoms with E-state index < -0.39 is 72.7 Å². The van der Waals surface area contributed by atoms with Gasteiger partial charge in [0.1, 0.15) is 11.9 Å². The fourth-order valence-corrected chi connectivity index (χ4v) is 6.07. The first-order valence-corrected chi connectivity index (χ1v) is 16.0. The first-order chi connectivity index (χ1) is 22.9. The molecule has 0 aromatic heterocycles. The van der Waals surface area contributed by atoms with Crippen molar-refractivity contribution in [2.75, 3.05) is 7.11 Å². The summed E-state index contributed by atoms with van der Waals surface area (Å²) in [6.45, 7) is 5.36. The molecular weight excluding hydrogens is 632 g/mol. The fraction of sp³-hybridized carbons (Fsp3) is 0.588. The highest BCUT2D eigenvalue weighted by Crippen LogP contribution is 2.39. The Morgan fingerprint density at radius 1 is 0.854 bits per heavy atom. The molecule has 8 atom stereocenters. The molecule has 14 nitrogen and oxygen atoms in total. The van der Waals surface area contributed by atoms with Crippen molar-refractivity contribution >= 4 is 41.2 Å². The molecule has 0 N–H and O–H groups in total. The molecule has 1 saturated heterocycles. The Morgan fingerprint density at radius 2 is 1.50 bits per heavy atom. The number of unbranched alkanes of at least 4 members (excludes halogenated alkanes) is 2. The van der Waals surface area contributed by atoms with Crippen molar-refractivity contribution in [3.63, 3.8) is 0 Å². The number of Topliss-reactive ketones (excluding diaryl/α,β-unsaturated/α-hetero) is 1. The topological polar surface area (TPSA) is 176 Å². The van der Waals surface area contributed by atoms with E-state index in [1.54, 1.807) is 24.3 Å². The number of rotatable bonds is 12. The molecule has 0 spiro atoms. The van der Waals surface area contributed by atoms with Crippen molar-refractivity contribution in [1.82, 2.24) is 0 Å². The van der Waals surface area contributed by atoms with Crippen LogP contribution in [0.3, 0.4) is 0 Å². The van der Waals surface area contributed by atoms with Gasteiger partial charge in [-0.3, -0.25) is 24.0 Å². The Labute approximate surface area is 278 Å². The zero-order chi connectivity index (χ0) is 35.0. The van der Waals surface area contributed by atoms with E-state index in [0.717, 1.165) is 47.1 Å². The number of carbonyl (C=O) groups excluding carboxylic acids is 6. The third-order valence-corrected chi connectivity index (χ3v) is 8.24. The normalized spacial score (nSPS) is 28.1. The number of carbonyl (C=O) groups is 6. The van der Waals surface area contributed by atoms with Gasteiger partial charge in [0.2, 0.25) is 0 Å². The molecule has 14 heteroatoms. The first-order valence-electron chi connectivity index (χ1n) is 16.0. The average Bonchev–Trinajstić information content (AvgIpc) is 3.03. The lowest BCUT2D eigenvalue weighted by Crippen LogP contribution is -2.64. The van der Waals surface area contributed by atoms with Crippen LogP contribution in [0.4, 0.5) is 0 Å². The van der Waals surface area contributed by atoms with Gasteiger partial charge in [0.25, 0.3) is 0 Å². The van der Waals surface area contributed by atoms with Crippen LogP contribution in [0.15, 0.2) is 30.5 Å². The van der Waals surface area contributed by atoms with Crippen LogP contribution in [0, 0.1) is 5.92 Å². The summed E-state index contributed by atoms with van der Waals surface area (Å²) in [4.78, 5) is 74.8. The average molecular weight is 675 g/mol. The van der Waals surface area contributed by atoms with Crippen LogP contribution in [0.25, 0.3) is 5.57 Å². The van der Waals surface area contributed by atoms with Gasteiger partial charge >= 0.3 is 29.8 Å². The third-order valence-electron chi connectivity index (χ3n) is 8.24. The van der Waals surface area contributed by atoms with Gasteiger partial charge in [-0.25, -0.2) is 4.79 Å². The Morgan fingerprint density at radius 3 is 2.12 bits per heavy atom. The molecule has 2 heterocycles. The van der Waals surface area contributed by atoms with Crippen LogP contribution in [0.5, 0.6) is 5.75 Å². The molecule has 0 bridgehead atoms. The lowest BCUT2D eigenvalue weighted by molar-refractivity contribution is -0.313. The minimum Gasteiger partial charge on any atom is -0.496 e. The number of methoxy groups -OCH3 is 1. The maximum Gasteiger partial charge on any atom is 0.339 e. The number of allylic oxidation sites excluding steroid dienone is 1. The van der Waals surface area contributed by atoms with E-state index in [4.69, 9.17) is 37.9 Å². The van der Waals surface area contributed by atoms with Crippen LogP contribution in [0.2, 0.25) is 0 Å². The molecule has 1 saturated carbocycles. The maximum absolute atomic E-state index is 13.8. The number of esters is 5. The Kier molecular flexibility index (Phi) is 12.7. The molecule has 0 amide bonds. The molecule has 1 aliphatic carbocycles. The Hall–Kier alpha value is -4.30. The number of hydrogen-bond acceptors (Lipinski definition) is 14. The highest BCUT2D eigenvalue weighted by molar-refractivity contribution is 6.22. The lowest BCUT2D eigenvalue weighted by atomic mass is 9.77. The molecule has 2 fully saturated rings. The second kappa shape index (κ2) is 16.7. The predicted octanol–water partition coefficient (Wildman–Crippen LogP) is 3.36. The van der Waals surface area contributed by atoms with E-state index in [9.17, 15) is 28.8 Å². The van der Waals surface area contributed by atoms with Gasteiger partial charge in [-0.1, -0.05) is 31.9 Å². The number of benzene rings is 1. The molecule has 262 valence electrons. The summed E-state index contributed by atoms with van der Waals surface area (Å²) in [6, 6.07) is 6.60. The van der Waals surface area contributed by atoms with Gasteiger partial charge in [0, 0.05) is 27.2 Å². The summed E-state index contributed by atoms with van der Waals surface area (Å²) in [5.41, 5.74) is 0.925. The summed E-state index contributed by atoms with van der Waals surface area (Å²) >= 11 is 0. The molecular formula is C34H42O14. The molecule has 0 radical (unpaired) electrons. The maximum atomic E-state index is 13.8. The number of ether oxygens (including phenoxy) is 8. The standard InChI is InChI=1S/C34H42O14/c1-6-7-8-9-27(38)46-22-12-10-21(11-13-22)25-17-42-26-15-14-23(16-24(26)28(25)39)47-34-32(45-20(4)37)30(44-19(3)36)29(43-18(2)35)31(48-34)33(40)41-5/h10-13,17,23-24,26,29-32,34H,6-9,14-16H2,1-5H3. The largest absolute Gasteiger partial charge is 0.496 e. The molecule has 48 heavy (non-hydrogen) atoms. The Balaban J connectivity index is 1.50. The zero-order valence-corrected chi connectivity index (χ0v) is 27.7. The van der Waals surface area contributed by atoms with Crippen molar-refractivity contribution in [1.29, 1.82) is 0 Å². The van der Waals surface area contributed by atoms with Gasteiger partial charge in [0.05, 0.1) is 31.0 Å². The zero-order valence-electron chi connectivity index (χ0n) is 27.7. The molecule has 2 aliphatic heterocycles. The summed E-state index contributed by atoms with van der Waals surface area (Å²) in [5, 5.41) is 0. The van der Waals surface area contributed by atoms with E-state index in [1.807, 2.05) is 0 Å². The molecule has 1 aromatic carbocycles. The van der Waals surface area contributed by atoms with E-state index in [0.29, 0.717) is 36.1 Å². The van der Waals surface area contributed by atoms with Crippen molar-refractivity contribution in [3.05, 3.63) is 36.1 Å². The minimum absolute atomic E-state index is 0.176. The van der Waals surface area contributed by atoms with Crippen molar-refractivity contribution in [2.45, 2.75) is 116 Å². The van der Waals surface area contributed by atoms with Crippen LogP contribution in [0.1, 0.15) is 78.2 Å². The van der Waals surface area contributed by atoms with E-state index in [-0.39, 0.29) is 18.2 Å². The SMILES string of the molecule is CCCCCC(=O)Oc1ccc(C2=COC3CCC(OC4OC(C(=O)OC)C(OC(C)=O)C(OC(C)=O)C4OC(C)=O)CC3C2=O)cc1. The number of fused-ring (bicyclic) bond motifs is 1. The molecule has 8 unspecified atom stereocenters. The molecule has 3 aliphatic rings. The number of ketones is 1. The van der Waals surface area contributed by atoms with Crippen molar-refractivity contribution < 1.29 is 66.7 Å². The van der Waals surface area contributed by atoms with Crippen LogP contribution in [-0.2, 0) is 61.9 Å². The predicted molar refractivity (Wildman–Crippen MR) is 164 cm³/mol. The summed E-state index contributed by atoms with van der Waals surface area (Å²) in [5.74, 6) is -4.07. The molecule has 4 rings (SSSR count). The van der Waals surface area contributed by atoms with Gasteiger partial charge in [0.15, 0.2) is 36.5 Å². The molecule has 1 aromatic rings. The summed E-state index contributed by atoms with van der Waals surface area (Å²) in [7, 11) is 1.10. The fourth-order valence-electron chi connectivity index (χ4n) is 6.07. The number of hydrogen-bond donors (Lipinski definition) is 0. The van der Waals surface area contributed by atoms with Crippen molar-refractivity contribution in [2.24, 2.45) is 5.92 Å². The van der Waals surface area contributed by atoms with Crippen molar-refractivity contribution in [3.8, 4) is 5.75 Å². The van der Waals surface area contributed by atoms with Crippen LogP contribution >= 0.6 is 0 Å². The van der Waals surface area contributed by atoms with Gasteiger partial charge < -0.3 is 37.9 Å². The minimum atomic E-state index is -1.59. The third kappa shape index (κ3) is 9.19. The highest BCUT2D eigenvalue weighted by Gasteiger charge is 2.56. The van der Waals surface area contributed by atoms with Gasteiger partial charge in [-0.15, -0.1) is 0 Å². The van der Waals surface area contributed by atoms with Crippen LogP contribution in [-0.4, -0.2) is 85.7 Å². The summed E-state index contributed by atoms with van der Waals surface area (Å²) in [6.07, 6.45) is -3.06.